The highest BCUT2D eigenvalue weighted by Crippen LogP contribution is 2.36. The van der Waals surface area contributed by atoms with Crippen molar-refractivity contribution in [1.29, 1.82) is 0 Å². The van der Waals surface area contributed by atoms with E-state index in [2.05, 4.69) is 90.4 Å². The molecule has 0 aliphatic carbocycles. The van der Waals surface area contributed by atoms with E-state index in [4.69, 9.17) is 0 Å². The predicted octanol–water partition coefficient (Wildman–Crippen LogP) is 3.90. The first kappa shape index (κ1) is 13.9. The van der Waals surface area contributed by atoms with Gasteiger partial charge < -0.3 is 4.57 Å². The molecule has 1 nitrogen and oxygen atoms in total. The van der Waals surface area contributed by atoms with E-state index in [1.807, 2.05) is 0 Å². The molecule has 0 spiro atoms. The van der Waals surface area contributed by atoms with E-state index in [1.54, 1.807) is 0 Å². The molecule has 0 atom stereocenters. The zero-order valence-corrected chi connectivity index (χ0v) is 15.0. The summed E-state index contributed by atoms with van der Waals surface area (Å²) < 4.78 is 2.49. The number of para-hydroxylation sites is 2. The Hall–Kier alpha value is -3.26. The minimum absolute atomic E-state index is 0.340. The lowest BCUT2D eigenvalue weighted by molar-refractivity contribution is 1.19. The van der Waals surface area contributed by atoms with Gasteiger partial charge in [-0.05, 0) is 41.1 Å². The molecule has 7 rings (SSSR count). The molecule has 3 heterocycles. The van der Waals surface area contributed by atoms with Crippen LogP contribution in [0.3, 0.4) is 0 Å². The molecule has 2 aliphatic heterocycles. The van der Waals surface area contributed by atoms with Crippen LogP contribution in [-0.2, 0) is 0 Å². The Labute approximate surface area is 158 Å². The summed E-state index contributed by atoms with van der Waals surface area (Å²) in [6, 6.07) is 29.4. The van der Waals surface area contributed by atoms with Crippen LogP contribution >= 0.6 is 0 Å². The molecule has 0 saturated heterocycles. The number of hydrogen-bond donors (Lipinski definition) is 0. The average molecular weight is 341 g/mol. The summed E-state index contributed by atoms with van der Waals surface area (Å²) in [7, 11) is 0. The van der Waals surface area contributed by atoms with Crippen molar-refractivity contribution < 1.29 is 0 Å². The Balaban J connectivity index is 1.76. The van der Waals surface area contributed by atoms with Crippen molar-refractivity contribution in [2.24, 2.45) is 0 Å². The SMILES string of the molecule is Cc1ccc2c(c1)-c1cccc3c1B2c1cccc2c4ccccc4n-3c12. The topological polar surface area (TPSA) is 4.93 Å². The standard InChI is InChI=1S/C25H16BN/c1-15-12-13-20-19(14-15)17-7-5-11-23-24(17)26(20)21-9-4-8-18-16-6-2-3-10-22(16)27(23)25(18)21/h2-14H,1H3. The smallest absolute Gasteiger partial charge is 0.248 e. The molecule has 1 aromatic heterocycles. The van der Waals surface area contributed by atoms with Gasteiger partial charge >= 0.3 is 0 Å². The number of fused-ring (bicyclic) bond motifs is 8. The summed E-state index contributed by atoms with van der Waals surface area (Å²) in [6.45, 7) is 2.53. The lowest BCUT2D eigenvalue weighted by atomic mass is 9.37. The second kappa shape index (κ2) is 4.53. The number of rotatable bonds is 0. The first-order valence-corrected chi connectivity index (χ1v) is 9.59. The predicted molar refractivity (Wildman–Crippen MR) is 116 cm³/mol. The van der Waals surface area contributed by atoms with Crippen LogP contribution < -0.4 is 16.4 Å². The second-order valence-electron chi connectivity index (χ2n) is 7.86. The Morgan fingerprint density at radius 1 is 0.704 bits per heavy atom. The summed E-state index contributed by atoms with van der Waals surface area (Å²) in [4.78, 5) is 0. The van der Waals surface area contributed by atoms with Crippen molar-refractivity contribution in [2.45, 2.75) is 6.92 Å². The molecular formula is C25H16BN. The van der Waals surface area contributed by atoms with Gasteiger partial charge in [-0.15, -0.1) is 0 Å². The average Bonchev–Trinajstić information content (AvgIpc) is 3.21. The highest BCUT2D eigenvalue weighted by Gasteiger charge is 2.40. The van der Waals surface area contributed by atoms with Crippen LogP contribution in [0.15, 0.2) is 78.9 Å². The van der Waals surface area contributed by atoms with Crippen molar-refractivity contribution in [1.82, 2.24) is 4.57 Å². The maximum atomic E-state index is 2.49. The maximum absolute atomic E-state index is 2.49. The minimum atomic E-state index is 0.340. The fourth-order valence-corrected chi connectivity index (χ4v) is 5.45. The van der Waals surface area contributed by atoms with Crippen LogP contribution in [-0.4, -0.2) is 11.3 Å². The third-order valence-electron chi connectivity index (χ3n) is 6.46. The van der Waals surface area contributed by atoms with Gasteiger partial charge in [-0.1, -0.05) is 77.8 Å². The summed E-state index contributed by atoms with van der Waals surface area (Å²) in [6.07, 6.45) is 0. The number of benzene rings is 4. The normalized spacial score (nSPS) is 13.3. The van der Waals surface area contributed by atoms with Crippen molar-refractivity contribution in [3.63, 3.8) is 0 Å². The van der Waals surface area contributed by atoms with Gasteiger partial charge in [-0.3, -0.25) is 0 Å². The molecule has 0 unspecified atom stereocenters. The maximum Gasteiger partial charge on any atom is 0.248 e. The van der Waals surface area contributed by atoms with Crippen molar-refractivity contribution in [3.8, 4) is 16.8 Å². The Morgan fingerprint density at radius 3 is 2.52 bits per heavy atom. The highest BCUT2D eigenvalue weighted by molar-refractivity contribution is 7.01. The van der Waals surface area contributed by atoms with Gasteiger partial charge in [0.15, 0.2) is 0 Å². The molecular weight excluding hydrogens is 325 g/mol. The summed E-state index contributed by atoms with van der Waals surface area (Å²) >= 11 is 0. The van der Waals surface area contributed by atoms with Crippen molar-refractivity contribution in [2.75, 3.05) is 0 Å². The fraction of sp³-hybridized carbons (Fsp3) is 0.0400. The largest absolute Gasteiger partial charge is 0.310 e. The summed E-state index contributed by atoms with van der Waals surface area (Å²) in [5, 5.41) is 2.70. The zero-order valence-electron chi connectivity index (χ0n) is 15.0. The molecule has 0 radical (unpaired) electrons. The molecule has 0 saturated carbocycles. The fourth-order valence-electron chi connectivity index (χ4n) is 5.45. The lowest BCUT2D eigenvalue weighted by Crippen LogP contribution is -2.53. The van der Waals surface area contributed by atoms with Gasteiger partial charge in [0.25, 0.3) is 0 Å². The molecule has 0 amide bonds. The molecule has 2 heteroatoms. The lowest BCUT2D eigenvalue weighted by Gasteiger charge is -2.24. The Morgan fingerprint density at radius 2 is 1.56 bits per heavy atom. The monoisotopic (exact) mass is 341 g/mol. The first-order valence-electron chi connectivity index (χ1n) is 9.59. The third kappa shape index (κ3) is 1.50. The first-order chi connectivity index (χ1) is 13.3. The van der Waals surface area contributed by atoms with E-state index in [9.17, 15) is 0 Å². The molecule has 124 valence electrons. The van der Waals surface area contributed by atoms with Crippen molar-refractivity contribution in [3.05, 3.63) is 84.4 Å². The zero-order chi connectivity index (χ0) is 17.7. The van der Waals surface area contributed by atoms with Crippen molar-refractivity contribution >= 4 is 44.9 Å². The van der Waals surface area contributed by atoms with E-state index in [-0.39, 0.29) is 0 Å². The van der Waals surface area contributed by atoms with E-state index < -0.39 is 0 Å². The molecule has 5 aromatic rings. The van der Waals surface area contributed by atoms with Gasteiger partial charge in [-0.25, -0.2) is 0 Å². The van der Waals surface area contributed by atoms with E-state index >= 15 is 0 Å². The number of aromatic nitrogens is 1. The number of nitrogens with zero attached hydrogens (tertiary/aromatic N) is 1. The van der Waals surface area contributed by atoms with Gasteiger partial charge in [-0.2, -0.15) is 0 Å². The van der Waals surface area contributed by atoms with Crippen LogP contribution in [0.25, 0.3) is 38.6 Å². The quantitative estimate of drug-likeness (QED) is 0.369. The van der Waals surface area contributed by atoms with Crippen LogP contribution in [0.5, 0.6) is 0 Å². The van der Waals surface area contributed by atoms with Gasteiger partial charge in [0.1, 0.15) is 0 Å². The summed E-state index contributed by atoms with van der Waals surface area (Å²) in [5.74, 6) is 0. The molecule has 4 aromatic carbocycles. The molecule has 27 heavy (non-hydrogen) atoms. The molecule has 0 N–H and O–H groups in total. The Bertz CT molecular complexity index is 1440. The Kier molecular flexibility index (Phi) is 2.33. The minimum Gasteiger partial charge on any atom is -0.310 e. The number of aryl methyl sites for hydroxylation is 1. The van der Waals surface area contributed by atoms with Crippen LogP contribution in [0.1, 0.15) is 5.56 Å². The van der Waals surface area contributed by atoms with Crippen LogP contribution in [0.4, 0.5) is 0 Å². The molecule has 0 bridgehead atoms. The molecule has 2 aliphatic rings. The highest BCUT2D eigenvalue weighted by atomic mass is 15.0. The van der Waals surface area contributed by atoms with E-state index in [1.165, 1.54) is 60.6 Å². The summed E-state index contributed by atoms with van der Waals surface area (Å²) in [5.41, 5.74) is 12.5. The number of hydrogen-bond acceptors (Lipinski definition) is 0. The van der Waals surface area contributed by atoms with Crippen LogP contribution in [0, 0.1) is 6.92 Å². The van der Waals surface area contributed by atoms with Gasteiger partial charge in [0.05, 0.1) is 5.52 Å². The van der Waals surface area contributed by atoms with E-state index in [0.717, 1.165) is 0 Å². The third-order valence-corrected chi connectivity index (χ3v) is 6.46. The van der Waals surface area contributed by atoms with E-state index in [0.29, 0.717) is 6.71 Å². The van der Waals surface area contributed by atoms with Gasteiger partial charge in [0.2, 0.25) is 6.71 Å². The van der Waals surface area contributed by atoms with Gasteiger partial charge in [0, 0.05) is 22.0 Å². The molecule has 0 fully saturated rings. The second-order valence-corrected chi connectivity index (χ2v) is 7.86. The van der Waals surface area contributed by atoms with Crippen LogP contribution in [0.2, 0.25) is 0 Å².